The molecule has 1 unspecified atom stereocenters. The molecular weight excluding hydrogens is 304 g/mol. The van der Waals surface area contributed by atoms with E-state index in [0.717, 1.165) is 36.5 Å². The molecule has 6 heteroatoms. The Morgan fingerprint density at radius 2 is 2.24 bits per heavy atom. The average Bonchev–Trinajstić information content (AvgIpc) is 2.32. The van der Waals surface area contributed by atoms with Crippen LogP contribution in [-0.2, 0) is 0 Å². The Labute approximate surface area is 115 Å². The van der Waals surface area contributed by atoms with Crippen LogP contribution in [0.15, 0.2) is 10.8 Å². The summed E-state index contributed by atoms with van der Waals surface area (Å²) in [5, 5.41) is 0.473. The number of hydrogen-bond acceptors (Lipinski definition) is 4. The van der Waals surface area contributed by atoms with Gasteiger partial charge in [-0.3, -0.25) is 4.90 Å². The molecule has 1 saturated heterocycles. The van der Waals surface area contributed by atoms with E-state index in [2.05, 4.69) is 49.5 Å². The van der Waals surface area contributed by atoms with E-state index in [4.69, 9.17) is 11.6 Å². The number of likely N-dealkylation sites (N-methyl/N-ethyl adjacent to an activating group) is 1. The Hall–Kier alpha value is -0.390. The van der Waals surface area contributed by atoms with Crippen LogP contribution in [0.1, 0.15) is 13.8 Å². The molecule has 2 rings (SSSR count). The molecule has 1 fully saturated rings. The van der Waals surface area contributed by atoms with Gasteiger partial charge < -0.3 is 4.90 Å². The minimum atomic E-state index is 0.473. The number of rotatable bonds is 2. The SMILES string of the molecule is CCN1CCN(c2ncnc(Cl)c2Br)CC1C. The van der Waals surface area contributed by atoms with Gasteiger partial charge in [0.05, 0.1) is 4.47 Å². The highest BCUT2D eigenvalue weighted by Crippen LogP contribution is 2.30. The van der Waals surface area contributed by atoms with Crippen LogP contribution in [-0.4, -0.2) is 47.1 Å². The molecule has 0 amide bonds. The molecule has 0 N–H and O–H groups in total. The van der Waals surface area contributed by atoms with Gasteiger partial charge in [0, 0.05) is 25.7 Å². The molecule has 4 nitrogen and oxygen atoms in total. The number of halogens is 2. The number of aromatic nitrogens is 2. The summed E-state index contributed by atoms with van der Waals surface area (Å²) in [7, 11) is 0. The number of hydrogen-bond donors (Lipinski definition) is 0. The molecule has 0 spiro atoms. The summed E-state index contributed by atoms with van der Waals surface area (Å²) in [5.41, 5.74) is 0. The van der Waals surface area contributed by atoms with Crippen molar-refractivity contribution in [3.8, 4) is 0 Å². The average molecular weight is 320 g/mol. The first-order valence-electron chi connectivity index (χ1n) is 5.78. The standard InChI is InChI=1S/C11H16BrClN4/c1-3-16-4-5-17(6-8(16)2)11-9(12)10(13)14-7-15-11/h7-8H,3-6H2,1-2H3. The van der Waals surface area contributed by atoms with Crippen LogP contribution < -0.4 is 4.90 Å². The van der Waals surface area contributed by atoms with Crippen molar-refractivity contribution in [3.63, 3.8) is 0 Å². The predicted octanol–water partition coefficient (Wildman–Crippen LogP) is 2.42. The van der Waals surface area contributed by atoms with E-state index in [1.54, 1.807) is 0 Å². The van der Waals surface area contributed by atoms with Gasteiger partial charge in [-0.05, 0) is 29.4 Å². The molecular formula is C11H16BrClN4. The minimum absolute atomic E-state index is 0.473. The van der Waals surface area contributed by atoms with Crippen molar-refractivity contribution in [2.45, 2.75) is 19.9 Å². The third kappa shape index (κ3) is 2.72. The molecule has 1 atom stereocenters. The molecule has 1 aliphatic rings. The fraction of sp³-hybridized carbons (Fsp3) is 0.636. The molecule has 0 aliphatic carbocycles. The van der Waals surface area contributed by atoms with Crippen LogP contribution in [0, 0.1) is 0 Å². The zero-order valence-corrected chi connectivity index (χ0v) is 12.4. The van der Waals surface area contributed by atoms with Gasteiger partial charge >= 0.3 is 0 Å². The number of anilines is 1. The van der Waals surface area contributed by atoms with Crippen molar-refractivity contribution in [2.24, 2.45) is 0 Å². The van der Waals surface area contributed by atoms with Crippen LogP contribution in [0.3, 0.4) is 0 Å². The fourth-order valence-corrected chi connectivity index (χ4v) is 2.80. The summed E-state index contributed by atoms with van der Waals surface area (Å²) in [4.78, 5) is 13.0. The first-order valence-corrected chi connectivity index (χ1v) is 6.95. The lowest BCUT2D eigenvalue weighted by atomic mass is 10.2. The third-order valence-corrected chi connectivity index (χ3v) is 4.44. The summed E-state index contributed by atoms with van der Waals surface area (Å²) in [5.74, 6) is 0.896. The van der Waals surface area contributed by atoms with E-state index < -0.39 is 0 Å². The predicted molar refractivity (Wildman–Crippen MR) is 73.7 cm³/mol. The fourth-order valence-electron chi connectivity index (χ4n) is 2.22. The molecule has 17 heavy (non-hydrogen) atoms. The molecule has 0 aromatic carbocycles. The van der Waals surface area contributed by atoms with Crippen LogP contribution in [0.4, 0.5) is 5.82 Å². The van der Waals surface area contributed by atoms with E-state index in [0.29, 0.717) is 11.2 Å². The second-order valence-electron chi connectivity index (χ2n) is 4.23. The monoisotopic (exact) mass is 318 g/mol. The van der Waals surface area contributed by atoms with Crippen molar-refractivity contribution >= 4 is 33.3 Å². The highest BCUT2D eigenvalue weighted by molar-refractivity contribution is 9.10. The Balaban J connectivity index is 2.16. The lowest BCUT2D eigenvalue weighted by Crippen LogP contribution is -2.52. The zero-order chi connectivity index (χ0) is 12.4. The van der Waals surface area contributed by atoms with Crippen molar-refractivity contribution in [3.05, 3.63) is 16.0 Å². The summed E-state index contributed by atoms with van der Waals surface area (Å²) >= 11 is 9.45. The topological polar surface area (TPSA) is 32.3 Å². The van der Waals surface area contributed by atoms with E-state index in [1.165, 1.54) is 6.33 Å². The van der Waals surface area contributed by atoms with Crippen molar-refractivity contribution in [1.29, 1.82) is 0 Å². The molecule has 1 aromatic heterocycles. The van der Waals surface area contributed by atoms with Gasteiger partial charge in [0.15, 0.2) is 0 Å². The normalized spacial score (nSPS) is 21.9. The van der Waals surface area contributed by atoms with Gasteiger partial charge in [-0.25, -0.2) is 9.97 Å². The molecule has 1 aliphatic heterocycles. The summed E-state index contributed by atoms with van der Waals surface area (Å²) in [6.07, 6.45) is 1.51. The maximum absolute atomic E-state index is 5.99. The Bertz CT molecular complexity index is 401. The van der Waals surface area contributed by atoms with Crippen molar-refractivity contribution in [1.82, 2.24) is 14.9 Å². The van der Waals surface area contributed by atoms with E-state index in [1.807, 2.05) is 0 Å². The molecule has 94 valence electrons. The number of piperazine rings is 1. The number of nitrogens with zero attached hydrogens (tertiary/aromatic N) is 4. The van der Waals surface area contributed by atoms with Crippen LogP contribution in [0.5, 0.6) is 0 Å². The largest absolute Gasteiger partial charge is 0.353 e. The third-order valence-electron chi connectivity index (χ3n) is 3.20. The maximum atomic E-state index is 5.99. The Morgan fingerprint density at radius 1 is 1.47 bits per heavy atom. The summed E-state index contributed by atoms with van der Waals surface area (Å²) < 4.78 is 0.791. The summed E-state index contributed by atoms with van der Waals surface area (Å²) in [6.45, 7) is 8.55. The van der Waals surface area contributed by atoms with Gasteiger partial charge in [-0.15, -0.1) is 0 Å². The van der Waals surface area contributed by atoms with Crippen LogP contribution in [0.25, 0.3) is 0 Å². The molecule has 0 radical (unpaired) electrons. The maximum Gasteiger partial charge on any atom is 0.148 e. The Kier molecular flexibility index (Phi) is 4.22. The van der Waals surface area contributed by atoms with Crippen molar-refractivity contribution < 1.29 is 0 Å². The lowest BCUT2D eigenvalue weighted by molar-refractivity contribution is 0.199. The van der Waals surface area contributed by atoms with Gasteiger partial charge in [0.1, 0.15) is 17.3 Å². The summed E-state index contributed by atoms with van der Waals surface area (Å²) in [6, 6.07) is 0.536. The Morgan fingerprint density at radius 3 is 2.88 bits per heavy atom. The minimum Gasteiger partial charge on any atom is -0.353 e. The first-order chi connectivity index (χ1) is 8.13. The first kappa shape index (κ1) is 13.1. The molecule has 0 saturated carbocycles. The second kappa shape index (κ2) is 5.50. The van der Waals surface area contributed by atoms with Gasteiger partial charge in [0.25, 0.3) is 0 Å². The van der Waals surface area contributed by atoms with Gasteiger partial charge in [-0.2, -0.15) is 0 Å². The van der Waals surface area contributed by atoms with E-state index >= 15 is 0 Å². The van der Waals surface area contributed by atoms with E-state index in [9.17, 15) is 0 Å². The quantitative estimate of drug-likeness (QED) is 0.784. The van der Waals surface area contributed by atoms with Gasteiger partial charge in [-0.1, -0.05) is 18.5 Å². The van der Waals surface area contributed by atoms with E-state index in [-0.39, 0.29) is 0 Å². The van der Waals surface area contributed by atoms with Crippen molar-refractivity contribution in [2.75, 3.05) is 31.1 Å². The smallest absolute Gasteiger partial charge is 0.148 e. The zero-order valence-electron chi connectivity index (χ0n) is 10.0. The van der Waals surface area contributed by atoms with Crippen LogP contribution in [0.2, 0.25) is 5.15 Å². The lowest BCUT2D eigenvalue weighted by Gasteiger charge is -2.40. The highest BCUT2D eigenvalue weighted by atomic mass is 79.9. The molecule has 1 aromatic rings. The van der Waals surface area contributed by atoms with Crippen LogP contribution >= 0.6 is 27.5 Å². The second-order valence-corrected chi connectivity index (χ2v) is 5.38. The highest BCUT2D eigenvalue weighted by Gasteiger charge is 2.25. The van der Waals surface area contributed by atoms with Gasteiger partial charge in [0.2, 0.25) is 0 Å². The molecule has 2 heterocycles. The molecule has 0 bridgehead atoms.